The van der Waals surface area contributed by atoms with Gasteiger partial charge in [-0.05, 0) is 53.3 Å². The molecule has 214 valence electrons. The Bertz CT molecular complexity index is 1500. The minimum Gasteiger partial charge on any atom is -0.379 e. The number of benzene rings is 2. The molecule has 9 heteroatoms. The number of ether oxygens (including phenoxy) is 1. The summed E-state index contributed by atoms with van der Waals surface area (Å²) >= 11 is 1.48. The van der Waals surface area contributed by atoms with Gasteiger partial charge >= 0.3 is 0 Å². The third-order valence-corrected chi connectivity index (χ3v) is 9.08. The zero-order valence-corrected chi connectivity index (χ0v) is 24.5. The number of nitrogens with zero attached hydrogens (tertiary/aromatic N) is 4. The molecule has 2 aliphatic rings. The van der Waals surface area contributed by atoms with Crippen LogP contribution in [0.25, 0.3) is 23.1 Å². The quantitative estimate of drug-likeness (QED) is 0.301. The molecule has 4 aromatic rings. The average molecular weight is 571 g/mol. The van der Waals surface area contributed by atoms with E-state index in [1.54, 1.807) is 0 Å². The lowest BCUT2D eigenvalue weighted by atomic mass is 10.1. The van der Waals surface area contributed by atoms with Crippen LogP contribution in [0.1, 0.15) is 32.1 Å². The maximum atomic E-state index is 13.2. The van der Waals surface area contributed by atoms with Gasteiger partial charge in [-0.2, -0.15) is 5.10 Å². The number of piperazine rings is 1. The van der Waals surface area contributed by atoms with Crippen molar-refractivity contribution in [1.29, 1.82) is 0 Å². The Kier molecular flexibility index (Phi) is 8.88. The first-order valence-corrected chi connectivity index (χ1v) is 15.3. The van der Waals surface area contributed by atoms with Crippen LogP contribution in [0.5, 0.6) is 0 Å². The minimum atomic E-state index is -0.0663. The Morgan fingerprint density at radius 2 is 1.73 bits per heavy atom. The molecule has 0 unspecified atom stereocenters. The number of carbonyl (C=O) groups excluding carboxylic acids is 1. The molecule has 41 heavy (non-hydrogen) atoms. The Morgan fingerprint density at radius 1 is 0.976 bits per heavy atom. The van der Waals surface area contributed by atoms with Crippen LogP contribution in [0.2, 0.25) is 0 Å². The fourth-order valence-corrected chi connectivity index (χ4v) is 6.38. The van der Waals surface area contributed by atoms with Gasteiger partial charge in [0.25, 0.3) is 5.91 Å². The monoisotopic (exact) mass is 570 g/mol. The largest absolute Gasteiger partial charge is 0.379 e. The maximum Gasteiger partial charge on any atom is 0.266 e. The summed E-state index contributed by atoms with van der Waals surface area (Å²) < 4.78 is 5.48. The Balaban J connectivity index is 1.14. The fraction of sp³-hybridized carbons (Fsp3) is 0.375. The summed E-state index contributed by atoms with van der Waals surface area (Å²) in [5, 5.41) is 13.8. The number of amides is 1. The standard InChI is InChI=1S/C32H38N6O2S/c1-24-10-21-41-31(24)32(39)33-30-22-25(6-7-26(30)8-9-29-27-4-2-3-5-28(27)34-35-29)23-38-15-13-36(14-16-38)11-12-37-17-19-40-20-18-37/h2-10,21-22H,11-20,23H2,1H3,(H,33,39)(H,34,35)/b9-8+. The zero-order valence-electron chi connectivity index (χ0n) is 23.6. The van der Waals surface area contributed by atoms with Gasteiger partial charge < -0.3 is 10.1 Å². The second-order valence-electron chi connectivity index (χ2n) is 10.9. The topological polar surface area (TPSA) is 76.7 Å². The van der Waals surface area contributed by atoms with Crippen LogP contribution in [0.3, 0.4) is 0 Å². The molecule has 2 aromatic heterocycles. The smallest absolute Gasteiger partial charge is 0.266 e. The number of para-hydroxylation sites is 1. The van der Waals surface area contributed by atoms with Crippen LogP contribution in [0.4, 0.5) is 5.69 Å². The third kappa shape index (κ3) is 6.94. The number of morpholine rings is 1. The number of nitrogens with one attached hydrogen (secondary N) is 2. The van der Waals surface area contributed by atoms with Crippen molar-refractivity contribution in [3.05, 3.63) is 81.2 Å². The van der Waals surface area contributed by atoms with Crippen LogP contribution in [-0.2, 0) is 11.3 Å². The zero-order chi connectivity index (χ0) is 28.0. The number of fused-ring (bicyclic) bond motifs is 1. The fourth-order valence-electron chi connectivity index (χ4n) is 5.56. The summed E-state index contributed by atoms with van der Waals surface area (Å²) in [6.45, 7) is 13.2. The van der Waals surface area contributed by atoms with Gasteiger partial charge in [0.1, 0.15) is 0 Å². The summed E-state index contributed by atoms with van der Waals surface area (Å²) in [4.78, 5) is 21.5. The lowest BCUT2D eigenvalue weighted by Gasteiger charge is -2.36. The molecule has 0 radical (unpaired) electrons. The number of aryl methyl sites for hydroxylation is 1. The molecule has 0 bridgehead atoms. The summed E-state index contributed by atoms with van der Waals surface area (Å²) in [7, 11) is 0. The molecule has 0 atom stereocenters. The van der Waals surface area contributed by atoms with Crippen LogP contribution < -0.4 is 5.32 Å². The summed E-state index contributed by atoms with van der Waals surface area (Å²) in [5.74, 6) is -0.0663. The van der Waals surface area contributed by atoms with E-state index in [0.29, 0.717) is 0 Å². The molecule has 2 fully saturated rings. The van der Waals surface area contributed by atoms with Crippen molar-refractivity contribution in [2.24, 2.45) is 0 Å². The third-order valence-electron chi connectivity index (χ3n) is 8.06. The van der Waals surface area contributed by atoms with E-state index in [0.717, 1.165) is 110 Å². The van der Waals surface area contributed by atoms with E-state index in [2.05, 4.69) is 54.5 Å². The van der Waals surface area contributed by atoms with E-state index in [1.165, 1.54) is 16.9 Å². The molecule has 0 aliphatic carbocycles. The van der Waals surface area contributed by atoms with Crippen LogP contribution >= 0.6 is 11.3 Å². The summed E-state index contributed by atoms with van der Waals surface area (Å²) in [5.41, 5.74) is 5.85. The van der Waals surface area contributed by atoms with Crippen molar-refractivity contribution in [2.45, 2.75) is 13.5 Å². The highest BCUT2D eigenvalue weighted by Gasteiger charge is 2.19. The molecule has 8 nitrogen and oxygen atoms in total. The average Bonchev–Trinajstić information content (AvgIpc) is 3.63. The molecule has 0 spiro atoms. The van der Waals surface area contributed by atoms with Crippen molar-refractivity contribution < 1.29 is 9.53 Å². The Hall–Kier alpha value is -3.34. The Morgan fingerprint density at radius 3 is 2.51 bits per heavy atom. The highest BCUT2D eigenvalue weighted by molar-refractivity contribution is 7.12. The van der Waals surface area contributed by atoms with Crippen molar-refractivity contribution in [2.75, 3.05) is 70.9 Å². The molecule has 4 heterocycles. The molecule has 2 N–H and O–H groups in total. The van der Waals surface area contributed by atoms with Crippen molar-refractivity contribution in [3.63, 3.8) is 0 Å². The molecular weight excluding hydrogens is 532 g/mol. The molecule has 2 aromatic carbocycles. The van der Waals surface area contributed by atoms with Gasteiger partial charge in [-0.1, -0.05) is 36.4 Å². The number of anilines is 1. The summed E-state index contributed by atoms with van der Waals surface area (Å²) in [6.07, 6.45) is 4.05. The second kappa shape index (κ2) is 13.1. The summed E-state index contributed by atoms with van der Waals surface area (Å²) in [6, 6.07) is 16.5. The van der Waals surface area contributed by atoms with E-state index in [-0.39, 0.29) is 5.91 Å². The number of hydrogen-bond donors (Lipinski definition) is 2. The highest BCUT2D eigenvalue weighted by Crippen LogP contribution is 2.26. The number of aromatic nitrogens is 2. The number of hydrogen-bond acceptors (Lipinski definition) is 7. The van der Waals surface area contributed by atoms with E-state index in [1.807, 2.05) is 48.7 Å². The van der Waals surface area contributed by atoms with E-state index < -0.39 is 0 Å². The van der Waals surface area contributed by atoms with Gasteiger partial charge in [-0.3, -0.25) is 24.6 Å². The van der Waals surface area contributed by atoms with E-state index in [4.69, 9.17) is 4.74 Å². The van der Waals surface area contributed by atoms with Crippen LogP contribution in [0.15, 0.2) is 53.9 Å². The first kappa shape index (κ1) is 27.8. The van der Waals surface area contributed by atoms with Gasteiger partial charge in [0, 0.05) is 70.0 Å². The number of thiophene rings is 1. The number of aromatic amines is 1. The first-order chi connectivity index (χ1) is 20.1. The molecule has 6 rings (SSSR count). The van der Waals surface area contributed by atoms with Crippen LogP contribution in [0, 0.1) is 6.92 Å². The molecular formula is C32H38N6O2S. The highest BCUT2D eigenvalue weighted by atomic mass is 32.1. The van der Waals surface area contributed by atoms with Crippen molar-refractivity contribution >= 4 is 46.0 Å². The number of rotatable bonds is 9. The van der Waals surface area contributed by atoms with Gasteiger partial charge in [-0.25, -0.2) is 0 Å². The van der Waals surface area contributed by atoms with E-state index >= 15 is 0 Å². The SMILES string of the molecule is Cc1ccsc1C(=O)Nc1cc(CN2CCN(CCN3CCOCC3)CC2)ccc1/C=C/c1n[nH]c2ccccc12. The molecule has 2 aliphatic heterocycles. The lowest BCUT2D eigenvalue weighted by molar-refractivity contribution is 0.0297. The maximum absolute atomic E-state index is 13.2. The van der Waals surface area contributed by atoms with E-state index in [9.17, 15) is 4.79 Å². The normalized spacial score (nSPS) is 17.5. The Labute approximate surface area is 245 Å². The van der Waals surface area contributed by atoms with Crippen molar-refractivity contribution in [1.82, 2.24) is 24.9 Å². The van der Waals surface area contributed by atoms with Gasteiger partial charge in [0.05, 0.1) is 29.3 Å². The van der Waals surface area contributed by atoms with Crippen molar-refractivity contribution in [3.8, 4) is 0 Å². The van der Waals surface area contributed by atoms with Crippen LogP contribution in [-0.4, -0.2) is 96.4 Å². The van der Waals surface area contributed by atoms with Gasteiger partial charge in [0.2, 0.25) is 0 Å². The number of H-pyrrole nitrogens is 1. The van der Waals surface area contributed by atoms with Gasteiger partial charge in [-0.15, -0.1) is 11.3 Å². The second-order valence-corrected chi connectivity index (χ2v) is 11.8. The lowest BCUT2D eigenvalue weighted by Crippen LogP contribution is -2.49. The predicted octanol–water partition coefficient (Wildman–Crippen LogP) is 4.81. The molecule has 2 saturated heterocycles. The molecule has 1 amide bonds. The minimum absolute atomic E-state index is 0.0663. The molecule has 0 saturated carbocycles. The van der Waals surface area contributed by atoms with Gasteiger partial charge in [0.15, 0.2) is 0 Å². The predicted molar refractivity (Wildman–Crippen MR) is 167 cm³/mol. The first-order valence-electron chi connectivity index (χ1n) is 14.5. The number of carbonyl (C=O) groups is 1.